The Labute approximate surface area is 161 Å². The zero-order chi connectivity index (χ0) is 19.2. The van der Waals surface area contributed by atoms with E-state index in [-0.39, 0.29) is 11.5 Å². The fourth-order valence-corrected chi connectivity index (χ4v) is 3.22. The largest absolute Gasteiger partial charge is 0.507 e. The van der Waals surface area contributed by atoms with Crippen molar-refractivity contribution in [3.05, 3.63) is 89.0 Å². The van der Waals surface area contributed by atoms with Crippen LogP contribution in [0.3, 0.4) is 0 Å². The van der Waals surface area contributed by atoms with E-state index in [4.69, 9.17) is 0 Å². The molecule has 0 bridgehead atoms. The van der Waals surface area contributed by atoms with Gasteiger partial charge in [-0.25, -0.2) is 0 Å². The smallest absolute Gasteiger partial charge is 0.166 e. The molecule has 0 saturated carbocycles. The number of aromatic hydroxyl groups is 1. The molecule has 0 spiro atoms. The van der Waals surface area contributed by atoms with Crippen LogP contribution in [0.25, 0.3) is 11.1 Å². The molecule has 0 aliphatic carbocycles. The topological polar surface area (TPSA) is 37.3 Å². The lowest BCUT2D eigenvalue weighted by Crippen LogP contribution is -1.98. The lowest BCUT2D eigenvalue weighted by Gasteiger charge is -2.08. The summed E-state index contributed by atoms with van der Waals surface area (Å²) in [7, 11) is 0. The van der Waals surface area contributed by atoms with E-state index in [9.17, 15) is 9.90 Å². The highest BCUT2D eigenvalue weighted by Gasteiger charge is 2.11. The molecule has 3 aromatic carbocycles. The molecule has 0 atom stereocenters. The second-order valence-electron chi connectivity index (χ2n) is 7.09. The van der Waals surface area contributed by atoms with Crippen molar-refractivity contribution in [1.29, 1.82) is 0 Å². The van der Waals surface area contributed by atoms with E-state index in [2.05, 4.69) is 55.5 Å². The van der Waals surface area contributed by atoms with Crippen LogP contribution >= 0.6 is 0 Å². The van der Waals surface area contributed by atoms with E-state index in [0.717, 1.165) is 30.4 Å². The number of hydrogen-bond acceptors (Lipinski definition) is 2. The third-order valence-electron chi connectivity index (χ3n) is 4.89. The van der Waals surface area contributed by atoms with Crippen molar-refractivity contribution in [2.45, 2.75) is 39.5 Å². The van der Waals surface area contributed by atoms with Gasteiger partial charge >= 0.3 is 0 Å². The first-order valence-corrected chi connectivity index (χ1v) is 9.58. The van der Waals surface area contributed by atoms with E-state index in [1.54, 1.807) is 12.1 Å². The van der Waals surface area contributed by atoms with E-state index >= 15 is 0 Å². The molecule has 27 heavy (non-hydrogen) atoms. The summed E-state index contributed by atoms with van der Waals surface area (Å²) < 4.78 is 0. The number of benzene rings is 3. The average Bonchev–Trinajstić information content (AvgIpc) is 2.68. The molecule has 0 aromatic heterocycles. The van der Waals surface area contributed by atoms with Crippen LogP contribution in [0.2, 0.25) is 0 Å². The molecule has 3 rings (SSSR count). The lowest BCUT2D eigenvalue weighted by molar-refractivity contribution is 0.0979. The Morgan fingerprint density at radius 3 is 1.93 bits per heavy atom. The van der Waals surface area contributed by atoms with Gasteiger partial charge in [0.15, 0.2) is 5.78 Å². The Morgan fingerprint density at radius 1 is 0.815 bits per heavy atom. The number of carbonyl (C=O) groups is 1. The standard InChI is InChI=1S/C25H26O2/c1-3-4-24(26)23-16-15-22(17-25(23)27)21-13-11-20(12-14-21)10-9-19-7-5-18(2)6-8-19/h5-8,11-17,27H,3-4,9-10H2,1-2H3. The number of hydrogen-bond donors (Lipinski definition) is 1. The predicted octanol–water partition coefficient (Wildman–Crippen LogP) is 6.14. The van der Waals surface area contributed by atoms with E-state index in [1.807, 2.05) is 13.0 Å². The molecule has 0 unspecified atom stereocenters. The quantitative estimate of drug-likeness (QED) is 0.515. The summed E-state index contributed by atoms with van der Waals surface area (Å²) in [5.41, 5.74) is 6.30. The zero-order valence-electron chi connectivity index (χ0n) is 16.0. The third-order valence-corrected chi connectivity index (χ3v) is 4.89. The van der Waals surface area contributed by atoms with Crippen LogP contribution in [0, 0.1) is 6.92 Å². The number of ketones is 1. The van der Waals surface area contributed by atoms with Crippen LogP contribution in [-0.2, 0) is 12.8 Å². The van der Waals surface area contributed by atoms with E-state index in [1.165, 1.54) is 16.7 Å². The van der Waals surface area contributed by atoms with Crippen LogP contribution in [0.15, 0.2) is 66.7 Å². The summed E-state index contributed by atoms with van der Waals surface area (Å²) in [6.45, 7) is 4.07. The monoisotopic (exact) mass is 358 g/mol. The van der Waals surface area contributed by atoms with Crippen molar-refractivity contribution in [2.24, 2.45) is 0 Å². The van der Waals surface area contributed by atoms with Crippen molar-refractivity contribution in [3.8, 4) is 16.9 Å². The van der Waals surface area contributed by atoms with Gasteiger partial charge in [0.1, 0.15) is 5.75 Å². The third kappa shape index (κ3) is 4.85. The number of carbonyl (C=O) groups excluding carboxylic acids is 1. The van der Waals surface area contributed by atoms with E-state index in [0.29, 0.717) is 12.0 Å². The first kappa shape index (κ1) is 18.9. The Kier molecular flexibility index (Phi) is 6.08. The Bertz CT molecular complexity index is 906. The van der Waals surface area contributed by atoms with Crippen molar-refractivity contribution in [3.63, 3.8) is 0 Å². The number of Topliss-reactive ketones (excluding diaryl/α,β-unsaturated/α-hetero) is 1. The van der Waals surface area contributed by atoms with Gasteiger partial charge in [-0.2, -0.15) is 0 Å². The SMILES string of the molecule is CCCC(=O)c1ccc(-c2ccc(CCc3ccc(C)cc3)cc2)cc1O. The summed E-state index contributed by atoms with van der Waals surface area (Å²) in [4.78, 5) is 12.0. The second-order valence-corrected chi connectivity index (χ2v) is 7.09. The van der Waals surface area contributed by atoms with Gasteiger partial charge in [0.05, 0.1) is 5.56 Å². The van der Waals surface area contributed by atoms with Crippen LogP contribution in [0.5, 0.6) is 5.75 Å². The summed E-state index contributed by atoms with van der Waals surface area (Å²) in [6, 6.07) is 22.4. The van der Waals surface area contributed by atoms with Gasteiger partial charge in [0, 0.05) is 6.42 Å². The van der Waals surface area contributed by atoms with Gasteiger partial charge in [-0.1, -0.05) is 67.1 Å². The highest BCUT2D eigenvalue weighted by Crippen LogP contribution is 2.28. The van der Waals surface area contributed by atoms with Gasteiger partial charge in [0.25, 0.3) is 0 Å². The molecule has 2 heteroatoms. The van der Waals surface area contributed by atoms with E-state index < -0.39 is 0 Å². The average molecular weight is 358 g/mol. The normalized spacial score (nSPS) is 10.7. The maximum Gasteiger partial charge on any atom is 0.166 e. The molecule has 0 heterocycles. The zero-order valence-corrected chi connectivity index (χ0v) is 16.0. The summed E-state index contributed by atoms with van der Waals surface area (Å²) in [5.74, 6) is 0.0578. The Balaban J connectivity index is 1.68. The summed E-state index contributed by atoms with van der Waals surface area (Å²) in [6.07, 6.45) is 3.26. The van der Waals surface area contributed by atoms with Crippen molar-refractivity contribution in [2.75, 3.05) is 0 Å². The number of aryl methyl sites for hydroxylation is 3. The highest BCUT2D eigenvalue weighted by molar-refractivity contribution is 5.99. The van der Waals surface area contributed by atoms with Gasteiger partial charge in [-0.15, -0.1) is 0 Å². The van der Waals surface area contributed by atoms with Crippen LogP contribution in [0.4, 0.5) is 0 Å². The molecule has 0 aliphatic heterocycles. The molecule has 0 fully saturated rings. The van der Waals surface area contributed by atoms with Crippen molar-refractivity contribution in [1.82, 2.24) is 0 Å². The molecular weight excluding hydrogens is 332 g/mol. The molecule has 0 saturated heterocycles. The minimum Gasteiger partial charge on any atom is -0.507 e. The van der Waals surface area contributed by atoms with Crippen molar-refractivity contribution >= 4 is 5.78 Å². The van der Waals surface area contributed by atoms with Crippen LogP contribution in [-0.4, -0.2) is 10.9 Å². The number of phenolic OH excluding ortho intramolecular Hbond substituents is 1. The Morgan fingerprint density at radius 2 is 1.37 bits per heavy atom. The highest BCUT2D eigenvalue weighted by atomic mass is 16.3. The summed E-state index contributed by atoms with van der Waals surface area (Å²) in [5, 5.41) is 10.2. The predicted molar refractivity (Wildman–Crippen MR) is 111 cm³/mol. The maximum absolute atomic E-state index is 12.0. The molecule has 2 nitrogen and oxygen atoms in total. The number of phenols is 1. The first-order chi connectivity index (χ1) is 13.1. The molecule has 0 aliphatic rings. The molecular formula is C25H26O2. The van der Waals surface area contributed by atoms with Gasteiger partial charge < -0.3 is 5.11 Å². The molecule has 138 valence electrons. The maximum atomic E-state index is 12.0. The Hall–Kier alpha value is -2.87. The summed E-state index contributed by atoms with van der Waals surface area (Å²) >= 11 is 0. The molecule has 1 N–H and O–H groups in total. The van der Waals surface area contributed by atoms with Gasteiger partial charge in [0.2, 0.25) is 0 Å². The minimum absolute atomic E-state index is 0.00648. The lowest BCUT2D eigenvalue weighted by atomic mass is 9.97. The number of rotatable bonds is 7. The molecule has 0 radical (unpaired) electrons. The molecule has 3 aromatic rings. The fourth-order valence-electron chi connectivity index (χ4n) is 3.22. The minimum atomic E-state index is -0.00648. The van der Waals surface area contributed by atoms with Crippen LogP contribution < -0.4 is 0 Å². The van der Waals surface area contributed by atoms with Crippen LogP contribution in [0.1, 0.15) is 46.8 Å². The fraction of sp³-hybridized carbons (Fsp3) is 0.240. The molecule has 0 amide bonds. The van der Waals surface area contributed by atoms with Gasteiger partial charge in [-0.05, 0) is 60.6 Å². The first-order valence-electron chi connectivity index (χ1n) is 9.58. The van der Waals surface area contributed by atoms with Gasteiger partial charge in [-0.3, -0.25) is 4.79 Å². The second kappa shape index (κ2) is 8.68. The van der Waals surface area contributed by atoms with Crippen molar-refractivity contribution < 1.29 is 9.90 Å².